The number of ether oxygens (including phenoxy) is 2. The number of hydrogen-bond donors (Lipinski definition) is 1. The lowest BCUT2D eigenvalue weighted by Gasteiger charge is -2.18. The number of carbonyl (C=O) groups is 1. The van der Waals surface area contributed by atoms with Gasteiger partial charge >= 0.3 is 5.97 Å². The maximum Gasteiger partial charge on any atom is 0.322 e. The zero-order valence-corrected chi connectivity index (χ0v) is 10.5. The fraction of sp³-hybridized carbons (Fsp3) is 0.917. The van der Waals surface area contributed by atoms with Crippen molar-refractivity contribution in [1.29, 1.82) is 0 Å². The highest BCUT2D eigenvalue weighted by molar-refractivity contribution is 5.75. The van der Waals surface area contributed by atoms with Crippen molar-refractivity contribution < 1.29 is 14.3 Å². The van der Waals surface area contributed by atoms with Gasteiger partial charge in [-0.1, -0.05) is 13.8 Å². The number of rotatable bonds is 8. The molecule has 0 saturated heterocycles. The standard InChI is InChI=1S/C12H23NO3/c1-9(2)13-11(12(14)15-3)6-7-16-8-10-4-5-10/h9-11,13H,4-8H2,1-3H3. The molecule has 0 aromatic heterocycles. The molecule has 0 aromatic rings. The van der Waals surface area contributed by atoms with Crippen LogP contribution in [0.1, 0.15) is 33.1 Å². The van der Waals surface area contributed by atoms with E-state index in [0.717, 1.165) is 12.5 Å². The first-order valence-corrected chi connectivity index (χ1v) is 6.05. The van der Waals surface area contributed by atoms with Gasteiger partial charge in [0.1, 0.15) is 6.04 Å². The molecule has 1 unspecified atom stereocenters. The van der Waals surface area contributed by atoms with Gasteiger partial charge in [0.15, 0.2) is 0 Å². The van der Waals surface area contributed by atoms with Gasteiger partial charge in [0.05, 0.1) is 7.11 Å². The Bertz CT molecular complexity index is 214. The molecule has 1 rings (SSSR count). The molecule has 1 saturated carbocycles. The molecule has 94 valence electrons. The van der Waals surface area contributed by atoms with Crippen molar-refractivity contribution in [3.8, 4) is 0 Å². The van der Waals surface area contributed by atoms with E-state index >= 15 is 0 Å². The average molecular weight is 229 g/mol. The molecule has 1 fully saturated rings. The van der Waals surface area contributed by atoms with E-state index in [1.54, 1.807) is 0 Å². The normalized spacial score (nSPS) is 17.5. The Hall–Kier alpha value is -0.610. The van der Waals surface area contributed by atoms with E-state index in [-0.39, 0.29) is 18.1 Å². The summed E-state index contributed by atoms with van der Waals surface area (Å²) in [6, 6.07) is 0.0248. The fourth-order valence-corrected chi connectivity index (χ4v) is 1.55. The van der Waals surface area contributed by atoms with Gasteiger partial charge in [0, 0.05) is 19.3 Å². The fourth-order valence-electron chi connectivity index (χ4n) is 1.55. The highest BCUT2D eigenvalue weighted by Crippen LogP contribution is 2.28. The molecule has 1 N–H and O–H groups in total. The second kappa shape index (κ2) is 6.86. The summed E-state index contributed by atoms with van der Waals surface area (Å²) in [7, 11) is 1.42. The van der Waals surface area contributed by atoms with E-state index in [9.17, 15) is 4.79 Å². The first kappa shape index (κ1) is 13.5. The minimum absolute atomic E-state index is 0.205. The Morgan fingerprint density at radius 1 is 1.44 bits per heavy atom. The number of nitrogens with one attached hydrogen (secondary N) is 1. The third kappa shape index (κ3) is 5.47. The first-order valence-electron chi connectivity index (χ1n) is 6.05. The van der Waals surface area contributed by atoms with Gasteiger partial charge in [-0.05, 0) is 25.2 Å². The molecule has 1 aliphatic carbocycles. The van der Waals surface area contributed by atoms with E-state index in [4.69, 9.17) is 9.47 Å². The van der Waals surface area contributed by atoms with Crippen LogP contribution < -0.4 is 5.32 Å². The molecule has 0 heterocycles. The van der Waals surface area contributed by atoms with Crippen LogP contribution in [0, 0.1) is 5.92 Å². The van der Waals surface area contributed by atoms with E-state index in [1.165, 1.54) is 20.0 Å². The summed E-state index contributed by atoms with van der Waals surface area (Å²) in [6.45, 7) is 5.49. The quantitative estimate of drug-likeness (QED) is 0.504. The average Bonchev–Trinajstić information content (AvgIpc) is 3.04. The van der Waals surface area contributed by atoms with Gasteiger partial charge in [0.2, 0.25) is 0 Å². The maximum atomic E-state index is 11.4. The van der Waals surface area contributed by atoms with Crippen LogP contribution in [0.15, 0.2) is 0 Å². The van der Waals surface area contributed by atoms with Crippen LogP contribution >= 0.6 is 0 Å². The molecule has 0 amide bonds. The minimum atomic E-state index is -0.246. The SMILES string of the molecule is COC(=O)C(CCOCC1CC1)NC(C)C. The van der Waals surface area contributed by atoms with E-state index in [0.29, 0.717) is 13.0 Å². The van der Waals surface area contributed by atoms with Crippen LogP contribution in [0.4, 0.5) is 0 Å². The van der Waals surface area contributed by atoms with Gasteiger partial charge < -0.3 is 14.8 Å². The summed E-state index contributed by atoms with van der Waals surface area (Å²) in [5.41, 5.74) is 0. The number of esters is 1. The third-order valence-corrected chi connectivity index (χ3v) is 2.62. The van der Waals surface area contributed by atoms with Gasteiger partial charge in [-0.25, -0.2) is 0 Å². The highest BCUT2D eigenvalue weighted by atomic mass is 16.5. The zero-order valence-electron chi connectivity index (χ0n) is 10.5. The molecule has 0 bridgehead atoms. The van der Waals surface area contributed by atoms with E-state index in [2.05, 4.69) is 5.32 Å². The lowest BCUT2D eigenvalue weighted by molar-refractivity contribution is -0.143. The van der Waals surface area contributed by atoms with Gasteiger partial charge in [-0.2, -0.15) is 0 Å². The third-order valence-electron chi connectivity index (χ3n) is 2.62. The molecule has 16 heavy (non-hydrogen) atoms. The monoisotopic (exact) mass is 229 g/mol. The Morgan fingerprint density at radius 2 is 2.12 bits per heavy atom. The van der Waals surface area contributed by atoms with Crippen molar-refractivity contribution in [2.45, 2.75) is 45.2 Å². The van der Waals surface area contributed by atoms with Crippen molar-refractivity contribution in [2.24, 2.45) is 5.92 Å². The first-order chi connectivity index (χ1) is 7.63. The van der Waals surface area contributed by atoms with Crippen molar-refractivity contribution in [2.75, 3.05) is 20.3 Å². The lowest BCUT2D eigenvalue weighted by atomic mass is 10.2. The topological polar surface area (TPSA) is 47.6 Å². The molecule has 4 heteroatoms. The van der Waals surface area contributed by atoms with Gasteiger partial charge in [-0.3, -0.25) is 4.79 Å². The number of carbonyl (C=O) groups excluding carboxylic acids is 1. The second-order valence-corrected chi connectivity index (χ2v) is 4.70. The van der Waals surface area contributed by atoms with Crippen LogP contribution in [0.2, 0.25) is 0 Å². The summed E-state index contributed by atoms with van der Waals surface area (Å²) in [6.07, 6.45) is 3.27. The molecule has 0 radical (unpaired) electrons. The predicted octanol–water partition coefficient (Wildman–Crippen LogP) is 1.34. The maximum absolute atomic E-state index is 11.4. The second-order valence-electron chi connectivity index (χ2n) is 4.70. The van der Waals surface area contributed by atoms with Crippen molar-refractivity contribution in [3.63, 3.8) is 0 Å². The lowest BCUT2D eigenvalue weighted by Crippen LogP contribution is -2.42. The molecule has 0 spiro atoms. The summed E-state index contributed by atoms with van der Waals surface area (Å²) >= 11 is 0. The largest absolute Gasteiger partial charge is 0.468 e. The van der Waals surface area contributed by atoms with Crippen LogP contribution in [0.3, 0.4) is 0 Å². The zero-order chi connectivity index (χ0) is 12.0. The predicted molar refractivity (Wildman–Crippen MR) is 62.2 cm³/mol. The summed E-state index contributed by atoms with van der Waals surface area (Å²) in [5, 5.41) is 3.18. The summed E-state index contributed by atoms with van der Waals surface area (Å²) in [5.74, 6) is 0.568. The van der Waals surface area contributed by atoms with Crippen LogP contribution in [0.5, 0.6) is 0 Å². The molecule has 1 aliphatic rings. The van der Waals surface area contributed by atoms with Crippen molar-refractivity contribution in [1.82, 2.24) is 5.32 Å². The number of hydrogen-bond acceptors (Lipinski definition) is 4. The minimum Gasteiger partial charge on any atom is -0.468 e. The van der Waals surface area contributed by atoms with Gasteiger partial charge in [0.25, 0.3) is 0 Å². The smallest absolute Gasteiger partial charge is 0.322 e. The molecular formula is C12H23NO3. The van der Waals surface area contributed by atoms with Crippen LogP contribution in [-0.4, -0.2) is 38.4 Å². The summed E-state index contributed by atoms with van der Waals surface area (Å²) < 4.78 is 10.3. The number of methoxy groups -OCH3 is 1. The van der Waals surface area contributed by atoms with E-state index < -0.39 is 0 Å². The Morgan fingerprint density at radius 3 is 2.62 bits per heavy atom. The Kier molecular flexibility index (Phi) is 5.77. The molecular weight excluding hydrogens is 206 g/mol. The molecule has 1 atom stereocenters. The van der Waals surface area contributed by atoms with Crippen molar-refractivity contribution in [3.05, 3.63) is 0 Å². The van der Waals surface area contributed by atoms with E-state index in [1.807, 2.05) is 13.8 Å². The Labute approximate surface area is 97.7 Å². The molecule has 0 aromatic carbocycles. The van der Waals surface area contributed by atoms with Crippen molar-refractivity contribution >= 4 is 5.97 Å². The Balaban J connectivity index is 2.16. The van der Waals surface area contributed by atoms with Crippen LogP contribution in [0.25, 0.3) is 0 Å². The van der Waals surface area contributed by atoms with Gasteiger partial charge in [-0.15, -0.1) is 0 Å². The highest BCUT2D eigenvalue weighted by Gasteiger charge is 2.22. The summed E-state index contributed by atoms with van der Waals surface area (Å²) in [4.78, 5) is 11.4. The molecule has 0 aliphatic heterocycles. The molecule has 4 nitrogen and oxygen atoms in total. The van der Waals surface area contributed by atoms with Crippen LogP contribution in [-0.2, 0) is 14.3 Å².